The maximum absolute atomic E-state index is 12.7. The maximum atomic E-state index is 12.7. The number of sulfone groups is 1. The van der Waals surface area contributed by atoms with E-state index in [0.717, 1.165) is 27.7 Å². The van der Waals surface area contributed by atoms with Gasteiger partial charge < -0.3 is 10.2 Å². The van der Waals surface area contributed by atoms with Crippen LogP contribution in [-0.4, -0.2) is 48.1 Å². The molecule has 1 atom stereocenters. The third-order valence-electron chi connectivity index (χ3n) is 5.28. The predicted octanol–water partition coefficient (Wildman–Crippen LogP) is 2.34. The summed E-state index contributed by atoms with van der Waals surface area (Å²) in [5, 5.41) is 11.4. The normalized spacial score (nSPS) is 17.5. The van der Waals surface area contributed by atoms with Crippen molar-refractivity contribution in [1.82, 2.24) is 4.98 Å². The van der Waals surface area contributed by atoms with Crippen LogP contribution in [0.15, 0.2) is 53.4 Å². The summed E-state index contributed by atoms with van der Waals surface area (Å²) in [4.78, 5) is 7.20. The van der Waals surface area contributed by atoms with Gasteiger partial charge in [-0.3, -0.25) is 9.35 Å². The minimum Gasteiger partial charge on any atom is -0.380 e. The van der Waals surface area contributed by atoms with Crippen molar-refractivity contribution in [2.24, 2.45) is 5.14 Å². The summed E-state index contributed by atoms with van der Waals surface area (Å²) in [5.41, 5.74) is 3.50. The Morgan fingerprint density at radius 1 is 1.23 bits per heavy atom. The molecule has 31 heavy (non-hydrogen) atoms. The molecule has 0 saturated carbocycles. The zero-order valence-corrected chi connectivity index (χ0v) is 19.2. The number of aromatic nitrogens is 1. The number of pyridine rings is 1. The Morgan fingerprint density at radius 2 is 2.00 bits per heavy atom. The lowest BCUT2D eigenvalue weighted by Gasteiger charge is -2.23. The van der Waals surface area contributed by atoms with Crippen molar-refractivity contribution in [3.05, 3.63) is 59.7 Å². The average Bonchev–Trinajstić information content (AvgIpc) is 2.83. The summed E-state index contributed by atoms with van der Waals surface area (Å²) >= 11 is 0. The summed E-state index contributed by atoms with van der Waals surface area (Å²) in [5.74, 6) is 0.718. The molecule has 0 fully saturated rings. The number of hydrogen-bond donors (Lipinski definition) is 2. The van der Waals surface area contributed by atoms with Crippen LogP contribution in [0.4, 0.5) is 11.5 Å². The van der Waals surface area contributed by atoms with E-state index in [1.54, 1.807) is 17.5 Å². The molecule has 164 valence electrons. The topological polar surface area (TPSA) is 105 Å². The van der Waals surface area contributed by atoms with Crippen molar-refractivity contribution >= 4 is 47.3 Å². The number of nitrogens with two attached hydrogens (primary N) is 1. The first-order valence-electron chi connectivity index (χ1n) is 9.93. The second-order valence-electron chi connectivity index (χ2n) is 7.91. The fourth-order valence-corrected chi connectivity index (χ4v) is 5.62. The molecule has 0 spiro atoms. The molecule has 1 aromatic heterocycles. The zero-order chi connectivity index (χ0) is 22.2. The van der Waals surface area contributed by atoms with Gasteiger partial charge in [0.2, 0.25) is 0 Å². The van der Waals surface area contributed by atoms with Crippen LogP contribution in [0.3, 0.4) is 0 Å². The van der Waals surface area contributed by atoms with Crippen molar-refractivity contribution in [2.75, 3.05) is 35.3 Å². The fraction of sp³-hybridized carbons (Fsp3) is 0.273. The molecule has 0 saturated heterocycles. The van der Waals surface area contributed by atoms with Crippen LogP contribution in [-0.2, 0) is 26.1 Å². The van der Waals surface area contributed by atoms with Gasteiger partial charge in [-0.2, -0.15) is 0 Å². The summed E-state index contributed by atoms with van der Waals surface area (Å²) in [6, 6.07) is 15.0. The Bertz CT molecular complexity index is 1370. The number of nitrogens with zero attached hydrogens (tertiary/aromatic N) is 2. The van der Waals surface area contributed by atoms with Gasteiger partial charge in [0.05, 0.1) is 16.2 Å². The number of rotatable bonds is 4. The zero-order valence-electron chi connectivity index (χ0n) is 17.5. The van der Waals surface area contributed by atoms with Crippen LogP contribution >= 0.6 is 0 Å². The van der Waals surface area contributed by atoms with Crippen molar-refractivity contribution in [3.63, 3.8) is 0 Å². The minimum atomic E-state index is -3.34. The lowest BCUT2D eigenvalue weighted by molar-refractivity contribution is 0.596. The van der Waals surface area contributed by atoms with Crippen LogP contribution in [0.25, 0.3) is 10.9 Å². The highest BCUT2D eigenvalue weighted by Gasteiger charge is 2.26. The van der Waals surface area contributed by atoms with Crippen LogP contribution in [0.1, 0.15) is 11.1 Å². The molecule has 4 rings (SSSR count). The van der Waals surface area contributed by atoms with Crippen molar-refractivity contribution in [3.8, 4) is 0 Å². The van der Waals surface area contributed by atoms with Crippen LogP contribution in [0, 0.1) is 6.92 Å². The monoisotopic (exact) mass is 458 g/mol. The van der Waals surface area contributed by atoms with Crippen LogP contribution in [0.5, 0.6) is 0 Å². The fourth-order valence-electron chi connectivity index (χ4n) is 3.71. The Morgan fingerprint density at radius 3 is 2.77 bits per heavy atom. The largest absolute Gasteiger partial charge is 0.380 e. The van der Waals surface area contributed by atoms with E-state index in [1.165, 1.54) is 6.26 Å². The first kappa shape index (κ1) is 21.6. The summed E-state index contributed by atoms with van der Waals surface area (Å²) in [6.07, 6.45) is 1.49. The SMILES string of the molecule is Cc1ccc2nc(N3CCS(=O)(=O)c4ccccc4C3)cc(NCC=S(C)(N)=O)c2c1. The lowest BCUT2D eigenvalue weighted by atomic mass is 10.1. The second-order valence-corrected chi connectivity index (χ2v) is 12.3. The molecule has 0 bridgehead atoms. The van der Waals surface area contributed by atoms with E-state index in [-0.39, 0.29) is 5.75 Å². The van der Waals surface area contributed by atoms with Gasteiger partial charge >= 0.3 is 0 Å². The predicted molar refractivity (Wildman–Crippen MR) is 129 cm³/mol. The standard InChI is InChI=1S/C22H26N4O3S2/c1-16-7-8-19-18(13-16)20(24-9-11-30(2,23)27)14-22(25-19)26-10-12-31(28,29)21-6-4-3-5-17(21)15-26/h3-8,11,13-14H,9-10,12,15H2,1-2H3,(H2,23,27)(H,24,25). The number of anilines is 2. The third kappa shape index (κ3) is 4.84. The Labute approximate surface area is 183 Å². The highest BCUT2D eigenvalue weighted by atomic mass is 32.2. The molecular formula is C22H26N4O3S2. The molecule has 2 heterocycles. The van der Waals surface area contributed by atoms with Crippen LogP contribution in [0.2, 0.25) is 0 Å². The minimum absolute atomic E-state index is 0.0270. The van der Waals surface area contributed by atoms with Gasteiger partial charge in [0.1, 0.15) is 5.82 Å². The van der Waals surface area contributed by atoms with E-state index in [9.17, 15) is 12.6 Å². The Hall–Kier alpha value is -2.62. The van der Waals surface area contributed by atoms with Gasteiger partial charge in [-0.15, -0.1) is 0 Å². The van der Waals surface area contributed by atoms with E-state index in [4.69, 9.17) is 10.1 Å². The smallest absolute Gasteiger partial charge is 0.180 e. The first-order chi connectivity index (χ1) is 14.6. The molecule has 7 nitrogen and oxygen atoms in total. The molecule has 0 aliphatic carbocycles. The molecule has 0 radical (unpaired) electrons. The molecule has 0 amide bonds. The number of fused-ring (bicyclic) bond motifs is 2. The van der Waals surface area contributed by atoms with Crippen LogP contribution < -0.4 is 15.4 Å². The van der Waals surface area contributed by atoms with Gasteiger partial charge in [0, 0.05) is 58.1 Å². The number of benzene rings is 2. The molecule has 1 aliphatic heterocycles. The number of aryl methyl sites for hydroxylation is 1. The first-order valence-corrected chi connectivity index (χ1v) is 13.7. The summed E-state index contributed by atoms with van der Waals surface area (Å²) in [6.45, 7) is 3.16. The van der Waals surface area contributed by atoms with E-state index in [1.807, 2.05) is 48.2 Å². The van der Waals surface area contributed by atoms with Gasteiger partial charge in [-0.25, -0.2) is 13.4 Å². The highest BCUT2D eigenvalue weighted by Crippen LogP contribution is 2.31. The molecule has 1 aliphatic rings. The molecule has 3 aromatic rings. The summed E-state index contributed by atoms with van der Waals surface area (Å²) in [7, 11) is -5.81. The van der Waals surface area contributed by atoms with E-state index >= 15 is 0 Å². The van der Waals surface area contributed by atoms with Crippen molar-refractivity contribution in [1.29, 1.82) is 0 Å². The van der Waals surface area contributed by atoms with E-state index in [0.29, 0.717) is 30.3 Å². The molecule has 1 unspecified atom stereocenters. The third-order valence-corrected chi connectivity index (χ3v) is 7.90. The maximum Gasteiger partial charge on any atom is 0.180 e. The molecular weight excluding hydrogens is 432 g/mol. The van der Waals surface area contributed by atoms with E-state index < -0.39 is 19.5 Å². The molecule has 3 N–H and O–H groups in total. The molecule has 9 heteroatoms. The van der Waals surface area contributed by atoms with Crippen molar-refractivity contribution < 1.29 is 12.6 Å². The molecule has 2 aromatic carbocycles. The lowest BCUT2D eigenvalue weighted by Crippen LogP contribution is -2.26. The Kier molecular flexibility index (Phi) is 5.67. The Balaban J connectivity index is 1.77. The van der Waals surface area contributed by atoms with Crippen molar-refractivity contribution in [2.45, 2.75) is 18.4 Å². The van der Waals surface area contributed by atoms with E-state index in [2.05, 4.69) is 5.32 Å². The van der Waals surface area contributed by atoms with Gasteiger partial charge in [0.25, 0.3) is 0 Å². The van der Waals surface area contributed by atoms with Gasteiger partial charge in [0.15, 0.2) is 9.84 Å². The average molecular weight is 459 g/mol. The second kappa shape index (κ2) is 8.14. The highest BCUT2D eigenvalue weighted by molar-refractivity contribution is 7.98. The number of hydrogen-bond acceptors (Lipinski definition) is 6. The van der Waals surface area contributed by atoms with Gasteiger partial charge in [-0.05, 0) is 30.7 Å². The number of nitrogens with one attached hydrogen (secondary N) is 1. The quantitative estimate of drug-likeness (QED) is 0.582. The summed E-state index contributed by atoms with van der Waals surface area (Å²) < 4.78 is 37.3. The van der Waals surface area contributed by atoms with Gasteiger partial charge in [-0.1, -0.05) is 29.8 Å².